The van der Waals surface area contributed by atoms with E-state index in [9.17, 15) is 4.79 Å². The Morgan fingerprint density at radius 3 is 3.17 bits per heavy atom. The molecule has 3 aromatic rings. The van der Waals surface area contributed by atoms with E-state index in [2.05, 4.69) is 30.2 Å². The van der Waals surface area contributed by atoms with Crippen LogP contribution in [0.1, 0.15) is 30.1 Å². The quantitative estimate of drug-likeness (QED) is 0.767. The number of rotatable bonds is 3. The summed E-state index contributed by atoms with van der Waals surface area (Å²) in [7, 11) is 0. The molecule has 2 aromatic heterocycles. The van der Waals surface area contributed by atoms with E-state index < -0.39 is 0 Å². The van der Waals surface area contributed by atoms with Gasteiger partial charge in [0.2, 0.25) is 0 Å². The summed E-state index contributed by atoms with van der Waals surface area (Å²) in [6.07, 6.45) is 5.61. The number of hydrogen-bond donors (Lipinski definition) is 2. The lowest BCUT2D eigenvalue weighted by Crippen LogP contribution is -2.44. The van der Waals surface area contributed by atoms with E-state index in [0.29, 0.717) is 24.1 Å². The molecule has 2 amide bonds. The molecule has 2 N–H and O–H groups in total. The molecule has 24 heavy (non-hydrogen) atoms. The summed E-state index contributed by atoms with van der Waals surface area (Å²) in [5, 5.41) is 10.6. The first-order valence-corrected chi connectivity index (χ1v) is 8.03. The number of carbonyl (C=O) groups is 1. The highest BCUT2D eigenvalue weighted by Crippen LogP contribution is 2.24. The second-order valence-electron chi connectivity index (χ2n) is 6.01. The van der Waals surface area contributed by atoms with Crippen LogP contribution in [0.3, 0.4) is 0 Å². The third-order valence-electron chi connectivity index (χ3n) is 4.38. The number of hydrogen-bond acceptors (Lipinski definition) is 5. The fourth-order valence-electron chi connectivity index (χ4n) is 3.11. The van der Waals surface area contributed by atoms with Crippen molar-refractivity contribution in [2.24, 2.45) is 0 Å². The molecule has 1 atom stereocenters. The molecule has 124 valence electrons. The SMILES string of the molecule is O=C(NCc1ccc2nonc2c1)N1CCC[C@@H](c2ncc[nH]2)C1. The Morgan fingerprint density at radius 1 is 1.38 bits per heavy atom. The lowest BCUT2D eigenvalue weighted by molar-refractivity contribution is 0.178. The van der Waals surface area contributed by atoms with Gasteiger partial charge in [-0.05, 0) is 40.9 Å². The van der Waals surface area contributed by atoms with Crippen molar-refractivity contribution < 1.29 is 9.42 Å². The highest BCUT2D eigenvalue weighted by molar-refractivity contribution is 5.75. The average molecular weight is 326 g/mol. The van der Waals surface area contributed by atoms with E-state index >= 15 is 0 Å². The van der Waals surface area contributed by atoms with Gasteiger partial charge < -0.3 is 15.2 Å². The smallest absolute Gasteiger partial charge is 0.317 e. The molecular formula is C16H18N6O2. The summed E-state index contributed by atoms with van der Waals surface area (Å²) in [4.78, 5) is 21.8. The predicted octanol–water partition coefficient (Wildman–Crippen LogP) is 2.04. The molecule has 1 fully saturated rings. The maximum atomic E-state index is 12.4. The zero-order chi connectivity index (χ0) is 16.4. The number of aromatic amines is 1. The number of amides is 2. The minimum Gasteiger partial charge on any atom is -0.348 e. The van der Waals surface area contributed by atoms with Gasteiger partial charge in [0, 0.05) is 37.9 Å². The fraction of sp³-hybridized carbons (Fsp3) is 0.375. The highest BCUT2D eigenvalue weighted by Gasteiger charge is 2.25. The Kier molecular flexibility index (Phi) is 3.86. The Labute approximate surface area is 138 Å². The van der Waals surface area contributed by atoms with Crippen molar-refractivity contribution in [2.75, 3.05) is 13.1 Å². The van der Waals surface area contributed by atoms with E-state index in [1.165, 1.54) is 0 Å². The monoisotopic (exact) mass is 326 g/mol. The van der Waals surface area contributed by atoms with Crippen molar-refractivity contribution in [2.45, 2.75) is 25.3 Å². The van der Waals surface area contributed by atoms with Crippen molar-refractivity contribution in [3.05, 3.63) is 42.0 Å². The van der Waals surface area contributed by atoms with Crippen LogP contribution in [0.15, 0.2) is 35.2 Å². The molecule has 0 saturated carbocycles. The standard InChI is InChI=1S/C16H18N6O2/c23-16(19-9-11-3-4-13-14(8-11)21-24-20-13)22-7-1-2-12(10-22)15-17-5-6-18-15/h3-6,8,12H,1-2,7,9-10H2,(H,17,18)(H,19,23)/t12-/m1/s1. The van der Waals surface area contributed by atoms with Gasteiger partial charge in [-0.1, -0.05) is 6.07 Å². The summed E-state index contributed by atoms with van der Waals surface area (Å²) >= 11 is 0. The summed E-state index contributed by atoms with van der Waals surface area (Å²) < 4.78 is 4.68. The zero-order valence-corrected chi connectivity index (χ0v) is 13.1. The van der Waals surface area contributed by atoms with Gasteiger partial charge >= 0.3 is 6.03 Å². The first-order chi connectivity index (χ1) is 11.8. The van der Waals surface area contributed by atoms with Crippen LogP contribution in [0.4, 0.5) is 4.79 Å². The maximum absolute atomic E-state index is 12.4. The highest BCUT2D eigenvalue weighted by atomic mass is 16.6. The summed E-state index contributed by atoms with van der Waals surface area (Å²) in [5.74, 6) is 1.23. The molecule has 8 nitrogen and oxygen atoms in total. The fourth-order valence-corrected chi connectivity index (χ4v) is 3.11. The van der Waals surface area contributed by atoms with Crippen LogP contribution in [0.5, 0.6) is 0 Å². The van der Waals surface area contributed by atoms with E-state index in [0.717, 1.165) is 30.8 Å². The predicted molar refractivity (Wildman–Crippen MR) is 86.2 cm³/mol. The number of aromatic nitrogens is 4. The van der Waals surface area contributed by atoms with Gasteiger partial charge in [0.05, 0.1) is 0 Å². The second-order valence-corrected chi connectivity index (χ2v) is 6.01. The minimum absolute atomic E-state index is 0.0513. The molecule has 0 aliphatic carbocycles. The molecule has 0 radical (unpaired) electrons. The van der Waals surface area contributed by atoms with Gasteiger partial charge in [-0.2, -0.15) is 0 Å². The Balaban J connectivity index is 1.36. The molecule has 1 aromatic carbocycles. The topological polar surface area (TPSA) is 99.9 Å². The van der Waals surface area contributed by atoms with Crippen LogP contribution >= 0.6 is 0 Å². The van der Waals surface area contributed by atoms with Gasteiger partial charge in [0.25, 0.3) is 0 Å². The summed E-state index contributed by atoms with van der Waals surface area (Å²) in [6.45, 7) is 1.91. The van der Waals surface area contributed by atoms with Crippen molar-refractivity contribution in [1.82, 2.24) is 30.5 Å². The third kappa shape index (κ3) is 2.94. The Bertz CT molecular complexity index is 828. The van der Waals surface area contributed by atoms with Gasteiger partial charge in [0.15, 0.2) is 0 Å². The van der Waals surface area contributed by atoms with Crippen LogP contribution in [0.25, 0.3) is 11.0 Å². The van der Waals surface area contributed by atoms with E-state index in [1.807, 2.05) is 29.3 Å². The molecule has 8 heteroatoms. The maximum Gasteiger partial charge on any atom is 0.317 e. The number of fused-ring (bicyclic) bond motifs is 1. The number of nitrogens with one attached hydrogen (secondary N) is 2. The lowest BCUT2D eigenvalue weighted by atomic mass is 9.98. The van der Waals surface area contributed by atoms with Gasteiger partial charge in [-0.15, -0.1) is 0 Å². The normalized spacial score (nSPS) is 18.0. The lowest BCUT2D eigenvalue weighted by Gasteiger charge is -2.31. The number of imidazole rings is 1. The molecule has 1 saturated heterocycles. The molecule has 0 spiro atoms. The van der Waals surface area contributed by atoms with E-state index in [-0.39, 0.29) is 11.9 Å². The van der Waals surface area contributed by atoms with Gasteiger partial charge in [0.1, 0.15) is 16.9 Å². The second kappa shape index (κ2) is 6.31. The average Bonchev–Trinajstić information content (AvgIpc) is 3.30. The number of urea groups is 1. The number of likely N-dealkylation sites (tertiary alicyclic amines) is 1. The first-order valence-electron chi connectivity index (χ1n) is 8.03. The van der Waals surface area contributed by atoms with Crippen molar-refractivity contribution >= 4 is 17.1 Å². The molecule has 0 unspecified atom stereocenters. The van der Waals surface area contributed by atoms with E-state index in [1.54, 1.807) is 6.20 Å². The molecule has 1 aliphatic rings. The molecule has 3 heterocycles. The molecule has 1 aliphatic heterocycles. The number of carbonyl (C=O) groups excluding carboxylic acids is 1. The molecule has 0 bridgehead atoms. The van der Waals surface area contributed by atoms with Crippen molar-refractivity contribution in [3.63, 3.8) is 0 Å². The van der Waals surface area contributed by atoms with Crippen molar-refractivity contribution in [3.8, 4) is 0 Å². The van der Waals surface area contributed by atoms with Crippen LogP contribution < -0.4 is 5.32 Å². The molecule has 4 rings (SSSR count). The minimum atomic E-state index is -0.0513. The number of benzene rings is 1. The number of piperidine rings is 1. The van der Waals surface area contributed by atoms with Crippen LogP contribution in [0.2, 0.25) is 0 Å². The third-order valence-corrected chi connectivity index (χ3v) is 4.38. The Morgan fingerprint density at radius 2 is 2.29 bits per heavy atom. The number of nitrogens with zero attached hydrogens (tertiary/aromatic N) is 4. The number of H-pyrrole nitrogens is 1. The zero-order valence-electron chi connectivity index (χ0n) is 13.1. The van der Waals surface area contributed by atoms with E-state index in [4.69, 9.17) is 0 Å². The Hall–Kier alpha value is -2.90. The molecular weight excluding hydrogens is 308 g/mol. The van der Waals surface area contributed by atoms with Crippen LogP contribution in [-0.2, 0) is 6.54 Å². The van der Waals surface area contributed by atoms with Crippen LogP contribution in [-0.4, -0.2) is 44.3 Å². The summed E-state index contributed by atoms with van der Waals surface area (Å²) in [5.41, 5.74) is 2.37. The van der Waals surface area contributed by atoms with Crippen molar-refractivity contribution in [1.29, 1.82) is 0 Å². The van der Waals surface area contributed by atoms with Crippen LogP contribution in [0, 0.1) is 0 Å². The summed E-state index contributed by atoms with van der Waals surface area (Å²) in [6, 6.07) is 5.56. The first kappa shape index (κ1) is 14.7. The van der Waals surface area contributed by atoms with Gasteiger partial charge in [-0.25, -0.2) is 14.4 Å². The largest absolute Gasteiger partial charge is 0.348 e. The van der Waals surface area contributed by atoms with Gasteiger partial charge in [-0.3, -0.25) is 0 Å².